The summed E-state index contributed by atoms with van der Waals surface area (Å²) in [5, 5.41) is 5.27. The number of nitrogens with two attached hydrogens (primary N) is 1. The zero-order chi connectivity index (χ0) is 14.3. The van der Waals surface area contributed by atoms with Crippen LogP contribution in [0.2, 0.25) is 0 Å². The largest absolute Gasteiger partial charge is 0.355 e. The van der Waals surface area contributed by atoms with E-state index in [-0.39, 0.29) is 17.4 Å². The molecule has 0 aliphatic rings. The molecule has 1 rings (SSSR count). The second-order valence-electron chi connectivity index (χ2n) is 4.20. The van der Waals surface area contributed by atoms with Gasteiger partial charge in [0.15, 0.2) is 0 Å². The highest BCUT2D eigenvalue weighted by molar-refractivity contribution is 5.94. The van der Waals surface area contributed by atoms with Crippen molar-refractivity contribution in [3.63, 3.8) is 0 Å². The third kappa shape index (κ3) is 5.48. The van der Waals surface area contributed by atoms with Gasteiger partial charge < -0.3 is 16.4 Å². The quantitative estimate of drug-likeness (QED) is 0.653. The van der Waals surface area contributed by atoms with E-state index in [9.17, 15) is 14.0 Å². The number of hydrogen-bond acceptors (Lipinski definition) is 3. The molecule has 0 unspecified atom stereocenters. The molecule has 1 aromatic carbocycles. The Labute approximate surface area is 111 Å². The molecule has 5 nitrogen and oxygen atoms in total. The highest BCUT2D eigenvalue weighted by Crippen LogP contribution is 2.02. The van der Waals surface area contributed by atoms with Crippen molar-refractivity contribution in [1.82, 2.24) is 10.6 Å². The predicted octanol–water partition coefficient (Wildman–Crippen LogP) is 0.409. The van der Waals surface area contributed by atoms with Crippen LogP contribution in [0.15, 0.2) is 24.3 Å². The van der Waals surface area contributed by atoms with E-state index in [2.05, 4.69) is 10.6 Å². The van der Waals surface area contributed by atoms with Crippen molar-refractivity contribution in [2.75, 3.05) is 13.1 Å². The zero-order valence-corrected chi connectivity index (χ0v) is 10.8. The molecule has 1 aromatic rings. The Morgan fingerprint density at radius 3 is 2.63 bits per heavy atom. The highest BCUT2D eigenvalue weighted by Gasteiger charge is 2.07. The summed E-state index contributed by atoms with van der Waals surface area (Å²) in [6.45, 7) is 2.43. The maximum Gasteiger partial charge on any atom is 0.251 e. The summed E-state index contributed by atoms with van der Waals surface area (Å²) in [6.07, 6.45) is 0.583. The zero-order valence-electron chi connectivity index (χ0n) is 10.8. The van der Waals surface area contributed by atoms with Gasteiger partial charge in [0.05, 0.1) is 6.04 Å². The van der Waals surface area contributed by atoms with Gasteiger partial charge in [0.2, 0.25) is 5.91 Å². The van der Waals surface area contributed by atoms with Crippen LogP contribution in [-0.4, -0.2) is 30.9 Å². The van der Waals surface area contributed by atoms with Crippen LogP contribution in [0, 0.1) is 5.82 Å². The molecule has 4 N–H and O–H groups in total. The summed E-state index contributed by atoms with van der Waals surface area (Å²) in [5.41, 5.74) is 5.65. The first-order valence-electron chi connectivity index (χ1n) is 6.08. The van der Waals surface area contributed by atoms with Crippen molar-refractivity contribution in [3.8, 4) is 0 Å². The van der Waals surface area contributed by atoms with Crippen LogP contribution in [0.3, 0.4) is 0 Å². The Bertz CT molecular complexity index is 449. The van der Waals surface area contributed by atoms with Crippen LogP contribution in [0.25, 0.3) is 0 Å². The highest BCUT2D eigenvalue weighted by atomic mass is 19.1. The van der Waals surface area contributed by atoms with E-state index in [1.807, 2.05) is 0 Å². The van der Waals surface area contributed by atoms with Crippen molar-refractivity contribution in [1.29, 1.82) is 0 Å². The lowest BCUT2D eigenvalue weighted by Crippen LogP contribution is -2.39. The molecule has 0 saturated carbocycles. The first-order valence-corrected chi connectivity index (χ1v) is 6.08. The number of benzene rings is 1. The van der Waals surface area contributed by atoms with Crippen molar-refractivity contribution in [2.45, 2.75) is 19.4 Å². The molecule has 19 heavy (non-hydrogen) atoms. The molecule has 0 spiro atoms. The Morgan fingerprint density at radius 2 is 2.00 bits per heavy atom. The molecular formula is C13H18FN3O2. The van der Waals surface area contributed by atoms with Gasteiger partial charge in [-0.2, -0.15) is 0 Å². The molecule has 0 radical (unpaired) electrons. The van der Waals surface area contributed by atoms with Gasteiger partial charge in [0.1, 0.15) is 5.82 Å². The molecule has 0 bridgehead atoms. The summed E-state index contributed by atoms with van der Waals surface area (Å²) in [6, 6.07) is 4.93. The fourth-order valence-electron chi connectivity index (χ4n) is 1.39. The van der Waals surface area contributed by atoms with E-state index in [1.165, 1.54) is 24.3 Å². The standard InChI is InChI=1S/C13H18FN3O2/c1-9(15)12(18)16-6-3-7-17-13(19)10-4-2-5-11(14)8-10/h2,4-5,8-9H,3,6-7,15H2,1H3,(H,16,18)(H,17,19)/t9-/m0/s1. The van der Waals surface area contributed by atoms with Crippen molar-refractivity contribution in [2.24, 2.45) is 5.73 Å². The Hall–Kier alpha value is -1.95. The molecule has 0 aliphatic carbocycles. The van der Waals surface area contributed by atoms with Crippen molar-refractivity contribution >= 4 is 11.8 Å². The maximum absolute atomic E-state index is 12.9. The lowest BCUT2D eigenvalue weighted by atomic mass is 10.2. The molecule has 0 heterocycles. The number of rotatable bonds is 6. The summed E-state index contributed by atoms with van der Waals surface area (Å²) in [7, 11) is 0. The molecule has 0 aliphatic heterocycles. The van der Waals surface area contributed by atoms with E-state index in [0.717, 1.165) is 0 Å². The number of carbonyl (C=O) groups is 2. The molecular weight excluding hydrogens is 249 g/mol. The third-order valence-corrected chi connectivity index (χ3v) is 2.44. The van der Waals surface area contributed by atoms with E-state index in [0.29, 0.717) is 19.5 Å². The predicted molar refractivity (Wildman–Crippen MR) is 70.0 cm³/mol. The Balaban J connectivity index is 2.23. The van der Waals surface area contributed by atoms with Gasteiger partial charge in [0, 0.05) is 18.7 Å². The summed E-state index contributed by atoms with van der Waals surface area (Å²) < 4.78 is 12.9. The number of carbonyl (C=O) groups excluding carboxylic acids is 2. The lowest BCUT2D eigenvalue weighted by molar-refractivity contribution is -0.121. The van der Waals surface area contributed by atoms with Crippen LogP contribution in [0.5, 0.6) is 0 Å². The number of halogens is 1. The first-order chi connectivity index (χ1) is 9.00. The molecule has 0 saturated heterocycles. The van der Waals surface area contributed by atoms with Gasteiger partial charge in [-0.15, -0.1) is 0 Å². The van der Waals surface area contributed by atoms with Gasteiger partial charge in [0.25, 0.3) is 5.91 Å². The monoisotopic (exact) mass is 267 g/mol. The van der Waals surface area contributed by atoms with E-state index < -0.39 is 11.9 Å². The van der Waals surface area contributed by atoms with Gasteiger partial charge >= 0.3 is 0 Å². The lowest BCUT2D eigenvalue weighted by Gasteiger charge is -2.08. The minimum atomic E-state index is -0.540. The van der Waals surface area contributed by atoms with Crippen molar-refractivity contribution in [3.05, 3.63) is 35.6 Å². The van der Waals surface area contributed by atoms with Crippen LogP contribution < -0.4 is 16.4 Å². The SMILES string of the molecule is C[C@H](N)C(=O)NCCCNC(=O)c1cccc(F)c1. The average Bonchev–Trinajstić information content (AvgIpc) is 2.37. The Kier molecular flexibility index (Phi) is 5.95. The average molecular weight is 267 g/mol. The maximum atomic E-state index is 12.9. The minimum Gasteiger partial charge on any atom is -0.355 e. The number of amides is 2. The molecule has 2 amide bonds. The van der Waals surface area contributed by atoms with E-state index in [4.69, 9.17) is 5.73 Å². The van der Waals surface area contributed by atoms with Gasteiger partial charge in [-0.3, -0.25) is 9.59 Å². The fourth-order valence-corrected chi connectivity index (χ4v) is 1.39. The Morgan fingerprint density at radius 1 is 1.32 bits per heavy atom. The second kappa shape index (κ2) is 7.48. The summed E-state index contributed by atoms with van der Waals surface area (Å²) >= 11 is 0. The smallest absolute Gasteiger partial charge is 0.251 e. The molecule has 6 heteroatoms. The van der Waals surface area contributed by atoms with Gasteiger partial charge in [-0.05, 0) is 31.5 Å². The third-order valence-electron chi connectivity index (χ3n) is 2.44. The van der Waals surface area contributed by atoms with Crippen LogP contribution in [-0.2, 0) is 4.79 Å². The number of nitrogens with one attached hydrogen (secondary N) is 2. The molecule has 104 valence electrons. The fraction of sp³-hybridized carbons (Fsp3) is 0.385. The summed E-state index contributed by atoms with van der Waals surface area (Å²) in [4.78, 5) is 22.8. The topological polar surface area (TPSA) is 84.2 Å². The van der Waals surface area contributed by atoms with Crippen LogP contribution >= 0.6 is 0 Å². The normalized spacial score (nSPS) is 11.7. The van der Waals surface area contributed by atoms with Crippen LogP contribution in [0.1, 0.15) is 23.7 Å². The molecule has 0 aromatic heterocycles. The summed E-state index contributed by atoms with van der Waals surface area (Å²) in [5.74, 6) is -1.01. The first kappa shape index (κ1) is 15.1. The van der Waals surface area contributed by atoms with Gasteiger partial charge in [-0.25, -0.2) is 4.39 Å². The van der Waals surface area contributed by atoms with E-state index >= 15 is 0 Å². The van der Waals surface area contributed by atoms with Crippen LogP contribution in [0.4, 0.5) is 4.39 Å². The molecule has 1 atom stereocenters. The number of hydrogen-bond donors (Lipinski definition) is 3. The van der Waals surface area contributed by atoms with Crippen molar-refractivity contribution < 1.29 is 14.0 Å². The minimum absolute atomic E-state index is 0.226. The molecule has 0 fully saturated rings. The second-order valence-corrected chi connectivity index (χ2v) is 4.20. The van der Waals surface area contributed by atoms with Gasteiger partial charge in [-0.1, -0.05) is 6.07 Å². The van der Waals surface area contributed by atoms with E-state index in [1.54, 1.807) is 6.92 Å².